The van der Waals surface area contributed by atoms with Gasteiger partial charge in [-0.1, -0.05) is 54.4 Å². The summed E-state index contributed by atoms with van der Waals surface area (Å²) in [5, 5.41) is 13.8. The van der Waals surface area contributed by atoms with Gasteiger partial charge in [-0.05, 0) is 80.8 Å². The number of benzene rings is 2. The zero-order chi connectivity index (χ0) is 29.9. The van der Waals surface area contributed by atoms with Gasteiger partial charge in [0.05, 0.1) is 17.4 Å². The third kappa shape index (κ3) is 4.99. The van der Waals surface area contributed by atoms with Crippen LogP contribution in [0.3, 0.4) is 0 Å². The van der Waals surface area contributed by atoms with Crippen LogP contribution in [0.4, 0.5) is 4.79 Å². The van der Waals surface area contributed by atoms with E-state index < -0.39 is 28.5 Å². The first-order valence-electron chi connectivity index (χ1n) is 13.9. The van der Waals surface area contributed by atoms with Crippen molar-refractivity contribution in [1.82, 2.24) is 15.1 Å². The summed E-state index contributed by atoms with van der Waals surface area (Å²) in [6.45, 7) is 5.14. The fraction of sp³-hybridized carbons (Fsp3) is 0.484. The number of carbonyl (C=O) groups is 4. The highest BCUT2D eigenvalue weighted by Crippen LogP contribution is 2.56. The molecule has 0 spiro atoms. The van der Waals surface area contributed by atoms with E-state index in [1.54, 1.807) is 46.0 Å². The Kier molecular flexibility index (Phi) is 7.40. The molecule has 2 aromatic carbocycles. The molecular weight excluding hydrogens is 565 g/mol. The number of aliphatic carboxylic acids is 1. The minimum absolute atomic E-state index is 0.0249. The first-order chi connectivity index (χ1) is 19.2. The van der Waals surface area contributed by atoms with Gasteiger partial charge in [0, 0.05) is 29.1 Å². The van der Waals surface area contributed by atoms with Crippen molar-refractivity contribution in [2.75, 3.05) is 7.05 Å². The molecule has 0 radical (unpaired) electrons. The number of likely N-dealkylation sites (N-methyl/N-ethyl adjacent to an activating group) is 1. The van der Waals surface area contributed by atoms with Gasteiger partial charge in [-0.15, -0.1) is 0 Å². The molecule has 5 rings (SSSR count). The number of piperidine rings is 1. The molecular formula is C31H35Cl2N3O5. The summed E-state index contributed by atoms with van der Waals surface area (Å²) in [6, 6.07) is 13.7. The van der Waals surface area contributed by atoms with E-state index in [4.69, 9.17) is 23.2 Å². The second-order valence-electron chi connectivity index (χ2n) is 12.5. The quantitative estimate of drug-likeness (QED) is 0.372. The third-order valence-corrected chi connectivity index (χ3v) is 9.90. The van der Waals surface area contributed by atoms with E-state index in [2.05, 4.69) is 5.32 Å². The monoisotopic (exact) mass is 599 g/mol. The molecule has 2 saturated heterocycles. The fourth-order valence-corrected chi connectivity index (χ4v) is 7.06. The standard InChI is InChI=1S/C31H35Cl2N3O5/c1-29(2)27(40)36(28(41)35(29)4)31(19-8-9-19,20-10-12-21(32)13-11-20)16-24-23(18-6-5-7-22(33)14-18)15-30(3,17-25(37)38)26(39)34-24/h5-7,10-14,19,23-24H,8-9,15-17H2,1-4H3,(H,34,39)(H,37,38)/t23-,24+,30+,31+/m1/s1. The maximum atomic E-state index is 14.1. The minimum Gasteiger partial charge on any atom is -0.481 e. The summed E-state index contributed by atoms with van der Waals surface area (Å²) in [5.41, 5.74) is -1.63. The number of imide groups is 1. The Hall–Kier alpha value is -3.10. The van der Waals surface area contributed by atoms with Crippen LogP contribution in [0.15, 0.2) is 48.5 Å². The molecule has 4 amide bonds. The van der Waals surface area contributed by atoms with Crippen LogP contribution in [0, 0.1) is 11.3 Å². The summed E-state index contributed by atoms with van der Waals surface area (Å²) in [6.07, 6.45) is 1.82. The molecule has 0 bridgehead atoms. The molecule has 10 heteroatoms. The van der Waals surface area contributed by atoms with Gasteiger partial charge in [0.25, 0.3) is 5.91 Å². The Morgan fingerprint density at radius 1 is 1.05 bits per heavy atom. The van der Waals surface area contributed by atoms with Gasteiger partial charge in [-0.25, -0.2) is 4.79 Å². The van der Waals surface area contributed by atoms with Crippen LogP contribution in [0.1, 0.15) is 69.9 Å². The Balaban J connectivity index is 1.67. The van der Waals surface area contributed by atoms with E-state index in [-0.39, 0.29) is 48.9 Å². The second kappa shape index (κ2) is 10.3. The highest BCUT2D eigenvalue weighted by molar-refractivity contribution is 6.30. The SMILES string of the molecule is CN1C(=O)N([C@](C[C@@H]2NC(=O)[C@](C)(CC(=O)O)C[C@@H]2c2cccc(Cl)c2)(c2ccc(Cl)cc2)C2CC2)C(=O)C1(C)C. The van der Waals surface area contributed by atoms with Crippen LogP contribution in [-0.2, 0) is 19.9 Å². The summed E-state index contributed by atoms with van der Waals surface area (Å²) >= 11 is 12.7. The van der Waals surface area contributed by atoms with Gasteiger partial charge in [0.1, 0.15) is 5.54 Å². The van der Waals surface area contributed by atoms with Gasteiger partial charge in [-0.2, -0.15) is 0 Å². The number of nitrogens with one attached hydrogen (secondary N) is 1. The number of carbonyl (C=O) groups excluding carboxylic acids is 3. The molecule has 0 unspecified atom stereocenters. The number of carboxylic acid groups (broad SMARTS) is 1. The van der Waals surface area contributed by atoms with E-state index in [9.17, 15) is 24.3 Å². The van der Waals surface area contributed by atoms with E-state index in [1.165, 1.54) is 9.80 Å². The molecule has 2 heterocycles. The van der Waals surface area contributed by atoms with Crippen molar-refractivity contribution in [3.8, 4) is 0 Å². The number of halogens is 2. The lowest BCUT2D eigenvalue weighted by Crippen LogP contribution is -2.60. The van der Waals surface area contributed by atoms with Crippen molar-refractivity contribution < 1.29 is 24.3 Å². The number of urea groups is 1. The van der Waals surface area contributed by atoms with Crippen molar-refractivity contribution in [2.45, 2.75) is 75.9 Å². The maximum Gasteiger partial charge on any atom is 0.328 e. The van der Waals surface area contributed by atoms with Crippen LogP contribution >= 0.6 is 23.2 Å². The van der Waals surface area contributed by atoms with Crippen LogP contribution in [0.5, 0.6) is 0 Å². The predicted molar refractivity (Wildman–Crippen MR) is 156 cm³/mol. The Bertz CT molecular complexity index is 1410. The van der Waals surface area contributed by atoms with Crippen LogP contribution in [0.2, 0.25) is 10.0 Å². The molecule has 2 N–H and O–H groups in total. The number of hydrogen-bond acceptors (Lipinski definition) is 4. The molecule has 3 fully saturated rings. The summed E-state index contributed by atoms with van der Waals surface area (Å²) in [5.74, 6) is -2.06. The summed E-state index contributed by atoms with van der Waals surface area (Å²) in [4.78, 5) is 56.2. The van der Waals surface area contributed by atoms with Crippen molar-refractivity contribution in [1.29, 1.82) is 0 Å². The van der Waals surface area contributed by atoms with E-state index >= 15 is 0 Å². The number of hydrogen-bond donors (Lipinski definition) is 2. The minimum atomic E-state index is -1.15. The van der Waals surface area contributed by atoms with E-state index in [0.717, 1.165) is 24.0 Å². The number of amides is 4. The highest BCUT2D eigenvalue weighted by Gasteiger charge is 2.63. The van der Waals surface area contributed by atoms with Crippen molar-refractivity contribution in [3.63, 3.8) is 0 Å². The van der Waals surface area contributed by atoms with Gasteiger partial charge in [-0.3, -0.25) is 19.3 Å². The Morgan fingerprint density at radius 2 is 1.71 bits per heavy atom. The van der Waals surface area contributed by atoms with Gasteiger partial charge < -0.3 is 15.3 Å². The van der Waals surface area contributed by atoms with Crippen molar-refractivity contribution >= 4 is 47.0 Å². The van der Waals surface area contributed by atoms with E-state index in [1.807, 2.05) is 30.3 Å². The topological polar surface area (TPSA) is 107 Å². The van der Waals surface area contributed by atoms with E-state index in [0.29, 0.717) is 10.0 Å². The van der Waals surface area contributed by atoms with Crippen LogP contribution in [-0.4, -0.2) is 57.3 Å². The second-order valence-corrected chi connectivity index (χ2v) is 13.4. The normalized spacial score (nSPS) is 27.5. The molecule has 2 aliphatic heterocycles. The Labute approximate surface area is 250 Å². The van der Waals surface area contributed by atoms with Gasteiger partial charge >= 0.3 is 12.0 Å². The average Bonchev–Trinajstić information content (AvgIpc) is 3.73. The average molecular weight is 601 g/mol. The summed E-state index contributed by atoms with van der Waals surface area (Å²) in [7, 11) is 1.63. The van der Waals surface area contributed by atoms with Crippen molar-refractivity contribution in [2.24, 2.45) is 11.3 Å². The summed E-state index contributed by atoms with van der Waals surface area (Å²) < 4.78 is 0. The largest absolute Gasteiger partial charge is 0.481 e. The molecule has 3 aliphatic rings. The third-order valence-electron chi connectivity index (χ3n) is 9.41. The van der Waals surface area contributed by atoms with Crippen LogP contribution < -0.4 is 5.32 Å². The maximum absolute atomic E-state index is 14.1. The smallest absolute Gasteiger partial charge is 0.328 e. The lowest BCUT2D eigenvalue weighted by Gasteiger charge is -2.48. The molecule has 218 valence electrons. The molecule has 4 atom stereocenters. The van der Waals surface area contributed by atoms with Gasteiger partial charge in [0.15, 0.2) is 0 Å². The molecule has 41 heavy (non-hydrogen) atoms. The number of carboxylic acids is 1. The first-order valence-corrected chi connectivity index (χ1v) is 14.6. The van der Waals surface area contributed by atoms with Crippen molar-refractivity contribution in [3.05, 3.63) is 69.7 Å². The Morgan fingerprint density at radius 3 is 2.24 bits per heavy atom. The van der Waals surface area contributed by atoms with Crippen LogP contribution in [0.25, 0.3) is 0 Å². The molecule has 1 saturated carbocycles. The lowest BCUT2D eigenvalue weighted by molar-refractivity contribution is -0.148. The van der Waals surface area contributed by atoms with Gasteiger partial charge in [0.2, 0.25) is 5.91 Å². The number of nitrogens with zero attached hydrogens (tertiary/aromatic N) is 2. The zero-order valence-electron chi connectivity index (χ0n) is 23.6. The zero-order valence-corrected chi connectivity index (χ0v) is 25.1. The molecule has 8 nitrogen and oxygen atoms in total. The predicted octanol–water partition coefficient (Wildman–Crippen LogP) is 5.81. The first kappa shape index (κ1) is 29.4. The number of rotatable bonds is 8. The molecule has 0 aromatic heterocycles. The molecule has 2 aromatic rings. The lowest BCUT2D eigenvalue weighted by atomic mass is 9.66. The fourth-order valence-electron chi connectivity index (χ4n) is 6.73. The molecule has 1 aliphatic carbocycles. The highest BCUT2D eigenvalue weighted by atomic mass is 35.5.